The molecule has 3 rings (SSSR count). The molecule has 1 amide bonds. The molecule has 0 atom stereocenters. The first-order chi connectivity index (χ1) is 9.63. The largest absolute Gasteiger partial charge is 0.491 e. The van der Waals surface area contributed by atoms with Gasteiger partial charge in [-0.15, -0.1) is 0 Å². The Morgan fingerprint density at radius 2 is 2.00 bits per heavy atom. The number of nitrogens with zero attached hydrogens (tertiary/aromatic N) is 2. The number of hydrogen-bond acceptors (Lipinski definition) is 3. The Balaban J connectivity index is 2.52. The summed E-state index contributed by atoms with van der Waals surface area (Å²) in [4.78, 5) is 12.9. The lowest BCUT2D eigenvalue weighted by atomic mass is 10.0. The van der Waals surface area contributed by atoms with Crippen molar-refractivity contribution in [2.24, 2.45) is 7.05 Å². The minimum atomic E-state index is 0.413. The van der Waals surface area contributed by atoms with E-state index in [1.807, 2.05) is 11.6 Å². The second-order valence-corrected chi connectivity index (χ2v) is 5.14. The number of rotatable bonds is 3. The van der Waals surface area contributed by atoms with E-state index in [0.29, 0.717) is 28.8 Å². The first-order valence-electron chi connectivity index (χ1n) is 6.27. The molecule has 1 aliphatic rings. The molecule has 0 fully saturated rings. The predicted octanol–water partition coefficient (Wildman–Crippen LogP) is 2.37. The van der Waals surface area contributed by atoms with Crippen molar-refractivity contribution in [2.45, 2.75) is 6.42 Å². The Kier molecular flexibility index (Phi) is 3.01. The maximum Gasteiger partial charge on any atom is 0.214 e. The highest BCUT2D eigenvalue weighted by atomic mass is 35.5. The molecule has 0 spiro atoms. The van der Waals surface area contributed by atoms with Crippen molar-refractivity contribution in [3.63, 3.8) is 0 Å². The molecule has 2 aromatic rings. The van der Waals surface area contributed by atoms with Crippen LogP contribution in [0.5, 0.6) is 11.5 Å². The summed E-state index contributed by atoms with van der Waals surface area (Å²) in [6, 6.07) is 0. The van der Waals surface area contributed by atoms with Gasteiger partial charge in [0.25, 0.3) is 0 Å². The molecule has 1 aromatic heterocycles. The van der Waals surface area contributed by atoms with Gasteiger partial charge in [0.2, 0.25) is 6.41 Å². The number of hydrogen-bond donors (Lipinski definition) is 0. The van der Waals surface area contributed by atoms with Crippen molar-refractivity contribution < 1.29 is 14.3 Å². The van der Waals surface area contributed by atoms with E-state index >= 15 is 0 Å². The van der Waals surface area contributed by atoms with E-state index in [9.17, 15) is 4.79 Å². The van der Waals surface area contributed by atoms with E-state index < -0.39 is 0 Å². The molecule has 20 heavy (non-hydrogen) atoms. The average molecular weight is 295 g/mol. The number of aromatic nitrogens is 1. The summed E-state index contributed by atoms with van der Waals surface area (Å²) in [5, 5.41) is 1.38. The van der Waals surface area contributed by atoms with Crippen molar-refractivity contribution in [1.82, 2.24) is 4.57 Å². The minimum absolute atomic E-state index is 0.413. The van der Waals surface area contributed by atoms with Crippen LogP contribution in [0.3, 0.4) is 0 Å². The summed E-state index contributed by atoms with van der Waals surface area (Å²) >= 11 is 6.45. The number of carbonyl (C=O) groups is 1. The highest BCUT2D eigenvalue weighted by molar-refractivity contribution is 6.38. The van der Waals surface area contributed by atoms with E-state index in [1.165, 1.54) is 5.56 Å². The van der Waals surface area contributed by atoms with Crippen LogP contribution in [0.4, 0.5) is 5.69 Å². The Labute approximate surface area is 121 Å². The SMILES string of the molecule is COc1c(Cl)c2c3c(cn(C)c3c1OC)CCN2C=O. The molecule has 0 unspecified atom stereocenters. The monoisotopic (exact) mass is 294 g/mol. The molecular formula is C14H15ClN2O3. The second kappa shape index (κ2) is 4.59. The molecule has 2 heterocycles. The summed E-state index contributed by atoms with van der Waals surface area (Å²) in [7, 11) is 5.07. The van der Waals surface area contributed by atoms with Gasteiger partial charge in [-0.1, -0.05) is 11.6 Å². The van der Waals surface area contributed by atoms with Crippen LogP contribution in [-0.2, 0) is 18.3 Å². The standard InChI is InChI=1S/C14H15ClN2O3/c1-16-6-8-4-5-17(7-18)11-9(8)12(16)14(20-3)13(19-2)10(11)15/h6-7H,4-5H2,1-3H3. The van der Waals surface area contributed by atoms with Crippen molar-refractivity contribution in [3.05, 3.63) is 16.8 Å². The van der Waals surface area contributed by atoms with Gasteiger partial charge in [-0.05, 0) is 12.0 Å². The molecule has 0 aliphatic carbocycles. The number of ether oxygens (including phenoxy) is 2. The number of carbonyl (C=O) groups excluding carboxylic acids is 1. The topological polar surface area (TPSA) is 43.7 Å². The summed E-state index contributed by atoms with van der Waals surface area (Å²) in [6.45, 7) is 0.616. The normalized spacial score (nSPS) is 13.7. The third-order valence-electron chi connectivity index (χ3n) is 3.77. The summed E-state index contributed by atoms with van der Waals surface area (Å²) in [6.07, 6.45) is 3.66. The molecule has 1 aromatic carbocycles. The van der Waals surface area contributed by atoms with Crippen LogP contribution in [0.25, 0.3) is 10.9 Å². The van der Waals surface area contributed by atoms with Crippen LogP contribution < -0.4 is 14.4 Å². The number of methoxy groups -OCH3 is 2. The fraction of sp³-hybridized carbons (Fsp3) is 0.357. The van der Waals surface area contributed by atoms with Crippen molar-refractivity contribution in [1.29, 1.82) is 0 Å². The van der Waals surface area contributed by atoms with Crippen LogP contribution in [0.2, 0.25) is 5.02 Å². The number of amides is 1. The summed E-state index contributed by atoms with van der Waals surface area (Å²) in [5.41, 5.74) is 2.76. The second-order valence-electron chi connectivity index (χ2n) is 4.77. The van der Waals surface area contributed by atoms with Gasteiger partial charge in [0.1, 0.15) is 5.02 Å². The number of anilines is 1. The Bertz CT molecular complexity index is 708. The van der Waals surface area contributed by atoms with Gasteiger partial charge in [-0.2, -0.15) is 0 Å². The molecule has 6 heteroatoms. The fourth-order valence-corrected chi connectivity index (χ4v) is 3.31. The summed E-state index contributed by atoms with van der Waals surface area (Å²) < 4.78 is 12.9. The van der Waals surface area contributed by atoms with Gasteiger partial charge < -0.3 is 18.9 Å². The van der Waals surface area contributed by atoms with Crippen LogP contribution in [0.15, 0.2) is 6.20 Å². The highest BCUT2D eigenvalue weighted by Crippen LogP contribution is 2.51. The van der Waals surface area contributed by atoms with E-state index in [4.69, 9.17) is 21.1 Å². The van der Waals surface area contributed by atoms with Crippen molar-refractivity contribution in [2.75, 3.05) is 25.7 Å². The van der Waals surface area contributed by atoms with Crippen LogP contribution in [0, 0.1) is 0 Å². The molecule has 1 aliphatic heterocycles. The third kappa shape index (κ3) is 1.53. The number of halogens is 1. The zero-order valence-electron chi connectivity index (χ0n) is 11.6. The Morgan fingerprint density at radius 3 is 2.60 bits per heavy atom. The minimum Gasteiger partial charge on any atom is -0.491 e. The molecule has 5 nitrogen and oxygen atoms in total. The zero-order chi connectivity index (χ0) is 14.4. The van der Waals surface area contributed by atoms with Crippen LogP contribution in [0.1, 0.15) is 5.56 Å². The van der Waals surface area contributed by atoms with E-state index in [0.717, 1.165) is 23.7 Å². The zero-order valence-corrected chi connectivity index (χ0v) is 12.3. The maximum absolute atomic E-state index is 11.3. The van der Waals surface area contributed by atoms with Crippen LogP contribution in [-0.4, -0.2) is 31.7 Å². The number of aryl methyl sites for hydroxylation is 1. The van der Waals surface area contributed by atoms with Crippen molar-refractivity contribution in [3.8, 4) is 11.5 Å². The quantitative estimate of drug-likeness (QED) is 0.816. The lowest BCUT2D eigenvalue weighted by molar-refractivity contribution is -0.107. The smallest absolute Gasteiger partial charge is 0.214 e. The molecule has 0 saturated carbocycles. The average Bonchev–Trinajstić information content (AvgIpc) is 2.79. The van der Waals surface area contributed by atoms with E-state index in [2.05, 4.69) is 6.20 Å². The van der Waals surface area contributed by atoms with E-state index in [-0.39, 0.29) is 0 Å². The third-order valence-corrected chi connectivity index (χ3v) is 4.12. The molecule has 0 saturated heterocycles. The first-order valence-corrected chi connectivity index (χ1v) is 6.65. The van der Waals surface area contributed by atoms with Gasteiger partial charge in [-0.3, -0.25) is 4.79 Å². The van der Waals surface area contributed by atoms with E-state index in [1.54, 1.807) is 19.1 Å². The highest BCUT2D eigenvalue weighted by Gasteiger charge is 2.30. The van der Waals surface area contributed by atoms with Gasteiger partial charge in [0, 0.05) is 25.2 Å². The molecule has 0 bridgehead atoms. The Hall–Kier alpha value is -1.88. The molecule has 0 radical (unpaired) electrons. The Morgan fingerprint density at radius 1 is 1.30 bits per heavy atom. The molecule has 106 valence electrons. The van der Waals surface area contributed by atoms with Crippen LogP contribution >= 0.6 is 11.6 Å². The summed E-state index contributed by atoms with van der Waals surface area (Å²) in [5.74, 6) is 1.05. The predicted molar refractivity (Wildman–Crippen MR) is 78.1 cm³/mol. The maximum atomic E-state index is 11.3. The van der Waals surface area contributed by atoms with Gasteiger partial charge in [-0.25, -0.2) is 0 Å². The fourth-order valence-electron chi connectivity index (χ4n) is 2.94. The van der Waals surface area contributed by atoms with Gasteiger partial charge in [0.15, 0.2) is 11.5 Å². The van der Waals surface area contributed by atoms with Crippen molar-refractivity contribution >= 4 is 34.6 Å². The molecule has 0 N–H and O–H groups in total. The van der Waals surface area contributed by atoms with Gasteiger partial charge in [0.05, 0.1) is 25.4 Å². The number of benzene rings is 1. The van der Waals surface area contributed by atoms with Gasteiger partial charge >= 0.3 is 0 Å². The lowest BCUT2D eigenvalue weighted by Crippen LogP contribution is -2.27. The lowest BCUT2D eigenvalue weighted by Gasteiger charge is -2.26. The first kappa shape index (κ1) is 13.1. The molecular weight excluding hydrogens is 280 g/mol.